The zero-order chi connectivity index (χ0) is 21.5. The molecule has 6 nitrogen and oxygen atoms in total. The molecule has 2 N–H and O–H groups in total. The van der Waals surface area contributed by atoms with Crippen LogP contribution in [0.25, 0.3) is 11.0 Å². The highest BCUT2D eigenvalue weighted by atomic mass is 35.5. The van der Waals surface area contributed by atoms with Crippen LogP contribution in [0.4, 0.5) is 5.95 Å². The molecule has 0 aliphatic carbocycles. The van der Waals surface area contributed by atoms with Crippen molar-refractivity contribution in [2.75, 3.05) is 38.1 Å². The van der Waals surface area contributed by atoms with Crippen LogP contribution in [0.1, 0.15) is 13.8 Å². The molecule has 3 rings (SSSR count). The van der Waals surface area contributed by atoms with Gasteiger partial charge in [-0.3, -0.25) is 0 Å². The summed E-state index contributed by atoms with van der Waals surface area (Å²) in [4.78, 5) is 7.05. The second kappa shape index (κ2) is 10.9. The summed E-state index contributed by atoms with van der Waals surface area (Å²) in [6, 6.07) is 12.9. The maximum atomic E-state index is 10.6. The minimum Gasteiger partial charge on any atom is -0.489 e. The summed E-state index contributed by atoms with van der Waals surface area (Å²) in [5.74, 6) is 1.24. The summed E-state index contributed by atoms with van der Waals surface area (Å²) in [6.07, 6.45) is -0.738. The van der Waals surface area contributed by atoms with E-state index in [0.29, 0.717) is 22.3 Å². The van der Waals surface area contributed by atoms with E-state index in [1.807, 2.05) is 28.8 Å². The minimum absolute atomic E-state index is 0.104. The fourth-order valence-electron chi connectivity index (χ4n) is 3.30. The fourth-order valence-corrected chi connectivity index (χ4v) is 3.77. The Morgan fingerprint density at radius 2 is 1.93 bits per heavy atom. The Balaban J connectivity index is 1.68. The molecule has 0 fully saturated rings. The van der Waals surface area contributed by atoms with E-state index >= 15 is 0 Å². The highest BCUT2D eigenvalue weighted by molar-refractivity contribution is 6.35. The molecule has 1 atom stereocenters. The molecular formula is C22H28Cl2N4O2. The van der Waals surface area contributed by atoms with Crippen LogP contribution in [0.15, 0.2) is 42.5 Å². The number of halogens is 2. The van der Waals surface area contributed by atoms with Crippen molar-refractivity contribution < 1.29 is 9.84 Å². The molecule has 1 heterocycles. The normalized spacial score (nSPS) is 12.5. The van der Waals surface area contributed by atoms with Crippen LogP contribution < -0.4 is 10.1 Å². The maximum absolute atomic E-state index is 10.6. The number of ether oxygens (including phenoxy) is 1. The number of nitrogens with one attached hydrogen (secondary N) is 1. The van der Waals surface area contributed by atoms with E-state index in [1.165, 1.54) is 0 Å². The lowest BCUT2D eigenvalue weighted by atomic mass is 10.3. The first kappa shape index (κ1) is 22.7. The van der Waals surface area contributed by atoms with E-state index in [-0.39, 0.29) is 6.61 Å². The average molecular weight is 451 g/mol. The first-order valence-corrected chi connectivity index (χ1v) is 10.9. The number of fused-ring (bicyclic) bond motifs is 1. The van der Waals surface area contributed by atoms with Gasteiger partial charge in [0.1, 0.15) is 18.5 Å². The summed E-state index contributed by atoms with van der Waals surface area (Å²) in [5.41, 5.74) is 1.85. The molecule has 0 saturated carbocycles. The van der Waals surface area contributed by atoms with Gasteiger partial charge in [-0.2, -0.15) is 0 Å². The van der Waals surface area contributed by atoms with Crippen molar-refractivity contribution in [3.8, 4) is 5.75 Å². The first-order valence-electron chi connectivity index (χ1n) is 10.2. The van der Waals surface area contributed by atoms with Gasteiger partial charge >= 0.3 is 0 Å². The zero-order valence-electron chi connectivity index (χ0n) is 17.3. The van der Waals surface area contributed by atoms with E-state index in [0.717, 1.165) is 43.2 Å². The second-order valence-corrected chi connectivity index (χ2v) is 7.87. The van der Waals surface area contributed by atoms with Crippen LogP contribution in [-0.2, 0) is 6.54 Å². The van der Waals surface area contributed by atoms with Crippen molar-refractivity contribution in [2.45, 2.75) is 26.5 Å². The van der Waals surface area contributed by atoms with Gasteiger partial charge in [-0.05, 0) is 43.4 Å². The molecule has 0 aliphatic rings. The van der Waals surface area contributed by atoms with Crippen molar-refractivity contribution >= 4 is 40.2 Å². The number of aliphatic hydroxyl groups excluding tert-OH is 1. The Labute approximate surface area is 187 Å². The number of imidazole rings is 1. The number of hydrogen-bond acceptors (Lipinski definition) is 5. The third-order valence-electron chi connectivity index (χ3n) is 4.98. The predicted molar refractivity (Wildman–Crippen MR) is 124 cm³/mol. The van der Waals surface area contributed by atoms with Gasteiger partial charge in [0.25, 0.3) is 0 Å². The van der Waals surface area contributed by atoms with Crippen molar-refractivity contribution in [2.24, 2.45) is 0 Å². The Morgan fingerprint density at radius 3 is 2.67 bits per heavy atom. The van der Waals surface area contributed by atoms with Gasteiger partial charge in [0, 0.05) is 18.1 Å². The number of aromatic nitrogens is 2. The van der Waals surface area contributed by atoms with Crippen molar-refractivity contribution in [1.82, 2.24) is 14.5 Å². The molecule has 8 heteroatoms. The Kier molecular flexibility index (Phi) is 8.22. The van der Waals surface area contributed by atoms with Gasteiger partial charge in [0.2, 0.25) is 5.95 Å². The van der Waals surface area contributed by atoms with Crippen molar-refractivity contribution in [3.05, 3.63) is 52.5 Å². The quantitative estimate of drug-likeness (QED) is 0.448. The molecular weight excluding hydrogens is 423 g/mol. The molecule has 1 unspecified atom stereocenters. The smallest absolute Gasteiger partial charge is 0.204 e. The molecule has 1 aromatic heterocycles. The van der Waals surface area contributed by atoms with Gasteiger partial charge < -0.3 is 24.6 Å². The number of rotatable bonds is 11. The molecule has 0 amide bonds. The van der Waals surface area contributed by atoms with Crippen LogP contribution in [-0.4, -0.2) is 58.4 Å². The molecule has 2 aromatic carbocycles. The number of benzene rings is 2. The molecule has 162 valence electrons. The number of para-hydroxylation sites is 2. The highest BCUT2D eigenvalue weighted by Gasteiger charge is 2.15. The summed E-state index contributed by atoms with van der Waals surface area (Å²) in [7, 11) is 0. The van der Waals surface area contributed by atoms with Crippen molar-refractivity contribution in [1.29, 1.82) is 0 Å². The lowest BCUT2D eigenvalue weighted by molar-refractivity contribution is 0.0939. The van der Waals surface area contributed by atoms with E-state index < -0.39 is 6.10 Å². The lowest BCUT2D eigenvalue weighted by Crippen LogP contribution is -2.30. The minimum atomic E-state index is -0.738. The lowest BCUT2D eigenvalue weighted by Gasteiger charge is -2.19. The largest absolute Gasteiger partial charge is 0.489 e. The topological polar surface area (TPSA) is 62.6 Å². The number of nitrogens with zero attached hydrogens (tertiary/aromatic N) is 3. The first-order chi connectivity index (χ1) is 14.5. The molecule has 0 radical (unpaired) electrons. The van der Waals surface area contributed by atoms with E-state index in [2.05, 4.69) is 24.1 Å². The molecule has 0 bridgehead atoms. The van der Waals surface area contributed by atoms with Crippen LogP contribution in [0.2, 0.25) is 10.0 Å². The predicted octanol–water partition coefficient (Wildman–Crippen LogP) is 4.54. The van der Waals surface area contributed by atoms with Gasteiger partial charge in [0.05, 0.1) is 22.6 Å². The number of hydrogen-bond donors (Lipinski definition) is 2. The van der Waals surface area contributed by atoms with E-state index in [4.69, 9.17) is 32.9 Å². The Morgan fingerprint density at radius 1 is 1.17 bits per heavy atom. The van der Waals surface area contributed by atoms with E-state index in [9.17, 15) is 5.11 Å². The fraction of sp³-hybridized carbons (Fsp3) is 0.409. The highest BCUT2D eigenvalue weighted by Crippen LogP contribution is 2.28. The van der Waals surface area contributed by atoms with Crippen LogP contribution in [0, 0.1) is 0 Å². The van der Waals surface area contributed by atoms with Crippen LogP contribution >= 0.6 is 23.2 Å². The van der Waals surface area contributed by atoms with Crippen LogP contribution in [0.3, 0.4) is 0 Å². The molecule has 0 spiro atoms. The number of anilines is 1. The number of likely N-dealkylation sites (N-methyl/N-ethyl adjacent to an activating group) is 1. The summed E-state index contributed by atoms with van der Waals surface area (Å²) >= 11 is 12.1. The number of aliphatic hydroxyl groups is 1. The third-order valence-corrected chi connectivity index (χ3v) is 5.51. The van der Waals surface area contributed by atoms with Gasteiger partial charge in [-0.15, -0.1) is 0 Å². The summed E-state index contributed by atoms with van der Waals surface area (Å²) in [6.45, 7) is 8.49. The third kappa shape index (κ3) is 5.79. The van der Waals surface area contributed by atoms with Crippen LogP contribution in [0.5, 0.6) is 5.75 Å². The second-order valence-electron chi connectivity index (χ2n) is 7.03. The zero-order valence-corrected chi connectivity index (χ0v) is 18.8. The average Bonchev–Trinajstić information content (AvgIpc) is 3.08. The SMILES string of the molecule is CCN(CC)CCNc1nc2ccccc2n1CC(O)COc1ccc(Cl)cc1Cl. The maximum Gasteiger partial charge on any atom is 0.204 e. The van der Waals surface area contributed by atoms with Gasteiger partial charge in [0.15, 0.2) is 0 Å². The molecule has 0 saturated heterocycles. The molecule has 3 aromatic rings. The molecule has 30 heavy (non-hydrogen) atoms. The Hall–Kier alpha value is -1.99. The summed E-state index contributed by atoms with van der Waals surface area (Å²) in [5, 5.41) is 15.0. The van der Waals surface area contributed by atoms with Crippen molar-refractivity contribution in [3.63, 3.8) is 0 Å². The van der Waals surface area contributed by atoms with E-state index in [1.54, 1.807) is 18.2 Å². The standard InChI is InChI=1S/C22H28Cl2N4O2/c1-3-27(4-2)12-11-25-22-26-19-7-5-6-8-20(19)28(22)14-17(29)15-30-21-10-9-16(23)13-18(21)24/h5-10,13,17,29H,3-4,11-12,14-15H2,1-2H3,(H,25,26). The Bertz CT molecular complexity index is 959. The van der Waals surface area contributed by atoms with Gasteiger partial charge in [-0.1, -0.05) is 49.2 Å². The summed E-state index contributed by atoms with van der Waals surface area (Å²) < 4.78 is 7.69. The monoisotopic (exact) mass is 450 g/mol. The van der Waals surface area contributed by atoms with Gasteiger partial charge in [-0.25, -0.2) is 4.98 Å². The molecule has 0 aliphatic heterocycles.